The fourth-order valence-electron chi connectivity index (χ4n) is 1.24. The molecule has 1 unspecified atom stereocenters. The number of hydrogen-bond donors (Lipinski definition) is 1. The summed E-state index contributed by atoms with van der Waals surface area (Å²) < 4.78 is 6.50. The van der Waals surface area contributed by atoms with E-state index < -0.39 is 12.0 Å². The fourth-order valence-corrected chi connectivity index (χ4v) is 1.72. The first-order chi connectivity index (χ1) is 7.04. The van der Waals surface area contributed by atoms with Gasteiger partial charge in [-0.1, -0.05) is 22.9 Å². The molecule has 4 heteroatoms. The van der Waals surface area contributed by atoms with Crippen molar-refractivity contribution < 1.29 is 9.53 Å². The molecule has 1 aromatic rings. The predicted octanol–water partition coefficient (Wildman–Crippen LogP) is 2.40. The molecule has 0 bridgehead atoms. The highest BCUT2D eigenvalue weighted by Gasteiger charge is 2.15. The minimum Gasteiger partial charge on any atom is -0.480 e. The van der Waals surface area contributed by atoms with Gasteiger partial charge in [0.1, 0.15) is 5.75 Å². The quantitative estimate of drug-likeness (QED) is 0.915. The first kappa shape index (κ1) is 12.0. The van der Waals surface area contributed by atoms with Crippen molar-refractivity contribution in [1.82, 2.24) is 0 Å². The smallest absolute Gasteiger partial charge is 0.258 e. The lowest BCUT2D eigenvalue weighted by molar-refractivity contribution is -0.124. The standard InChI is InChI=1S/C11H14BrNO2/c1-3-9(11(13)14)15-10-5-4-8(12)6-7(10)2/h4-6,9H,3H2,1-2H3,(H2,13,14). The zero-order chi connectivity index (χ0) is 11.4. The first-order valence-corrected chi connectivity index (χ1v) is 5.56. The molecule has 0 saturated heterocycles. The number of benzene rings is 1. The van der Waals surface area contributed by atoms with Crippen molar-refractivity contribution in [1.29, 1.82) is 0 Å². The largest absolute Gasteiger partial charge is 0.480 e. The lowest BCUT2D eigenvalue weighted by Crippen LogP contribution is -2.33. The third-order valence-corrected chi connectivity index (χ3v) is 2.59. The summed E-state index contributed by atoms with van der Waals surface area (Å²) in [4.78, 5) is 11.0. The summed E-state index contributed by atoms with van der Waals surface area (Å²) in [6, 6.07) is 5.63. The maximum Gasteiger partial charge on any atom is 0.258 e. The highest BCUT2D eigenvalue weighted by atomic mass is 79.9. The second kappa shape index (κ2) is 5.16. The third-order valence-electron chi connectivity index (χ3n) is 2.09. The van der Waals surface area contributed by atoms with Crippen molar-refractivity contribution in [3.8, 4) is 5.75 Å². The van der Waals surface area contributed by atoms with E-state index in [1.807, 2.05) is 32.0 Å². The zero-order valence-electron chi connectivity index (χ0n) is 8.79. The van der Waals surface area contributed by atoms with Crippen molar-refractivity contribution in [2.24, 2.45) is 5.73 Å². The molecule has 1 atom stereocenters. The molecule has 1 rings (SSSR count). The SMILES string of the molecule is CCC(Oc1ccc(Br)cc1C)C(N)=O. The van der Waals surface area contributed by atoms with E-state index >= 15 is 0 Å². The molecule has 2 N–H and O–H groups in total. The minimum atomic E-state index is -0.551. The molecule has 0 radical (unpaired) electrons. The van der Waals surface area contributed by atoms with E-state index in [-0.39, 0.29) is 0 Å². The van der Waals surface area contributed by atoms with E-state index in [0.717, 1.165) is 10.0 Å². The summed E-state index contributed by atoms with van der Waals surface area (Å²) in [6.07, 6.45) is 0.0232. The molecular formula is C11H14BrNO2. The molecule has 1 aromatic carbocycles. The van der Waals surface area contributed by atoms with Gasteiger partial charge in [-0.15, -0.1) is 0 Å². The molecule has 82 valence electrons. The number of amides is 1. The van der Waals surface area contributed by atoms with Gasteiger partial charge >= 0.3 is 0 Å². The number of hydrogen-bond acceptors (Lipinski definition) is 2. The Morgan fingerprint density at radius 1 is 1.60 bits per heavy atom. The summed E-state index contributed by atoms with van der Waals surface area (Å²) in [5.74, 6) is 0.267. The van der Waals surface area contributed by atoms with Gasteiger partial charge in [0, 0.05) is 4.47 Å². The van der Waals surface area contributed by atoms with Crippen LogP contribution in [0, 0.1) is 6.92 Å². The number of ether oxygens (including phenoxy) is 1. The van der Waals surface area contributed by atoms with E-state index in [2.05, 4.69) is 15.9 Å². The van der Waals surface area contributed by atoms with Crippen LogP contribution >= 0.6 is 15.9 Å². The van der Waals surface area contributed by atoms with E-state index in [0.29, 0.717) is 12.2 Å². The van der Waals surface area contributed by atoms with Gasteiger partial charge in [-0.2, -0.15) is 0 Å². The van der Waals surface area contributed by atoms with Crippen LogP contribution in [0.3, 0.4) is 0 Å². The minimum absolute atomic E-state index is 0.431. The number of halogens is 1. The maximum absolute atomic E-state index is 11.0. The Morgan fingerprint density at radius 3 is 2.73 bits per heavy atom. The number of primary amides is 1. The Kier molecular flexibility index (Phi) is 4.15. The average molecular weight is 272 g/mol. The summed E-state index contributed by atoms with van der Waals surface area (Å²) in [6.45, 7) is 3.79. The fraction of sp³-hybridized carbons (Fsp3) is 0.364. The number of nitrogens with two attached hydrogens (primary N) is 1. The normalized spacial score (nSPS) is 12.2. The van der Waals surface area contributed by atoms with Crippen molar-refractivity contribution >= 4 is 21.8 Å². The van der Waals surface area contributed by atoms with Crippen LogP contribution in [0.4, 0.5) is 0 Å². The topological polar surface area (TPSA) is 52.3 Å². The molecule has 0 aliphatic carbocycles. The Balaban J connectivity index is 2.84. The van der Waals surface area contributed by atoms with Crippen LogP contribution in [0.2, 0.25) is 0 Å². The van der Waals surface area contributed by atoms with Crippen LogP contribution < -0.4 is 10.5 Å². The molecule has 0 fully saturated rings. The van der Waals surface area contributed by atoms with Gasteiger partial charge in [0.15, 0.2) is 6.10 Å². The highest BCUT2D eigenvalue weighted by Crippen LogP contribution is 2.23. The van der Waals surface area contributed by atoms with Crippen LogP contribution in [-0.2, 0) is 4.79 Å². The van der Waals surface area contributed by atoms with Gasteiger partial charge < -0.3 is 10.5 Å². The van der Waals surface area contributed by atoms with E-state index in [1.165, 1.54) is 0 Å². The van der Waals surface area contributed by atoms with Crippen molar-refractivity contribution in [3.05, 3.63) is 28.2 Å². The summed E-state index contributed by atoms with van der Waals surface area (Å²) in [5.41, 5.74) is 6.18. The Bertz CT molecular complexity index is 366. The first-order valence-electron chi connectivity index (χ1n) is 4.76. The Labute approximate surface area is 97.7 Å². The zero-order valence-corrected chi connectivity index (χ0v) is 10.4. The van der Waals surface area contributed by atoms with Crippen LogP contribution in [0.15, 0.2) is 22.7 Å². The van der Waals surface area contributed by atoms with Gasteiger partial charge in [0.25, 0.3) is 5.91 Å². The number of carbonyl (C=O) groups excluding carboxylic acids is 1. The van der Waals surface area contributed by atoms with Gasteiger partial charge in [-0.05, 0) is 37.1 Å². The molecule has 0 spiro atoms. The molecule has 0 saturated carbocycles. The summed E-state index contributed by atoms with van der Waals surface area (Å²) in [7, 11) is 0. The Morgan fingerprint density at radius 2 is 2.27 bits per heavy atom. The van der Waals surface area contributed by atoms with Crippen molar-refractivity contribution in [2.45, 2.75) is 26.4 Å². The maximum atomic E-state index is 11.0. The summed E-state index contributed by atoms with van der Waals surface area (Å²) >= 11 is 3.36. The monoisotopic (exact) mass is 271 g/mol. The highest BCUT2D eigenvalue weighted by molar-refractivity contribution is 9.10. The van der Waals surface area contributed by atoms with E-state index in [9.17, 15) is 4.79 Å². The van der Waals surface area contributed by atoms with Gasteiger partial charge in [0.2, 0.25) is 0 Å². The van der Waals surface area contributed by atoms with Gasteiger partial charge in [0.05, 0.1) is 0 Å². The molecule has 0 aromatic heterocycles. The molecule has 0 heterocycles. The van der Waals surface area contributed by atoms with Crippen LogP contribution in [-0.4, -0.2) is 12.0 Å². The Hall–Kier alpha value is -1.03. The van der Waals surface area contributed by atoms with E-state index in [4.69, 9.17) is 10.5 Å². The lowest BCUT2D eigenvalue weighted by atomic mass is 10.2. The third kappa shape index (κ3) is 3.23. The molecule has 3 nitrogen and oxygen atoms in total. The molecule has 1 amide bonds. The van der Waals surface area contributed by atoms with Crippen molar-refractivity contribution in [3.63, 3.8) is 0 Å². The second-order valence-electron chi connectivity index (χ2n) is 3.33. The number of aryl methyl sites for hydroxylation is 1. The van der Waals surface area contributed by atoms with Crippen LogP contribution in [0.5, 0.6) is 5.75 Å². The predicted molar refractivity (Wildman–Crippen MR) is 62.8 cm³/mol. The number of rotatable bonds is 4. The molecule has 15 heavy (non-hydrogen) atoms. The summed E-state index contributed by atoms with van der Waals surface area (Å²) in [5, 5.41) is 0. The number of carbonyl (C=O) groups is 1. The van der Waals surface area contributed by atoms with Crippen LogP contribution in [0.1, 0.15) is 18.9 Å². The van der Waals surface area contributed by atoms with Gasteiger partial charge in [-0.3, -0.25) is 4.79 Å². The van der Waals surface area contributed by atoms with Crippen molar-refractivity contribution in [2.75, 3.05) is 0 Å². The lowest BCUT2D eigenvalue weighted by Gasteiger charge is -2.15. The second-order valence-corrected chi connectivity index (χ2v) is 4.24. The van der Waals surface area contributed by atoms with E-state index in [1.54, 1.807) is 0 Å². The van der Waals surface area contributed by atoms with Gasteiger partial charge in [-0.25, -0.2) is 0 Å². The van der Waals surface area contributed by atoms with Crippen LogP contribution in [0.25, 0.3) is 0 Å². The molecule has 0 aliphatic heterocycles. The molecule has 0 aliphatic rings. The average Bonchev–Trinajstić information content (AvgIpc) is 2.16. The molecular weight excluding hydrogens is 258 g/mol.